The van der Waals surface area contributed by atoms with Crippen molar-refractivity contribution in [2.24, 2.45) is 5.73 Å². The van der Waals surface area contributed by atoms with Gasteiger partial charge in [0, 0.05) is 30.6 Å². The lowest BCUT2D eigenvalue weighted by molar-refractivity contribution is 0.0987. The molecule has 2 N–H and O–H groups in total. The number of rotatable bonds is 6. The number of amides is 1. The number of carbonyl (C=O) groups excluding carboxylic acids is 2. The topological polar surface area (TPSA) is 81.2 Å². The Labute approximate surface area is 224 Å². The van der Waals surface area contributed by atoms with Crippen LogP contribution >= 0.6 is 0 Å². The van der Waals surface area contributed by atoms with Crippen LogP contribution in [0.15, 0.2) is 78.9 Å². The minimum Gasteiger partial charge on any atom is -0.364 e. The fourth-order valence-electron chi connectivity index (χ4n) is 5.35. The van der Waals surface area contributed by atoms with E-state index in [-0.39, 0.29) is 22.9 Å². The molecule has 0 aliphatic carbocycles. The van der Waals surface area contributed by atoms with Crippen LogP contribution in [-0.2, 0) is 18.4 Å². The summed E-state index contributed by atoms with van der Waals surface area (Å²) in [4.78, 5) is 27.4. The number of benzene rings is 3. The second-order valence-corrected chi connectivity index (χ2v) is 11.1. The summed E-state index contributed by atoms with van der Waals surface area (Å²) in [5.74, 6) is -0.553. The average Bonchev–Trinajstić information content (AvgIpc) is 3.29. The first-order chi connectivity index (χ1) is 18.1. The summed E-state index contributed by atoms with van der Waals surface area (Å²) in [5, 5.41) is 4.78. The van der Waals surface area contributed by atoms with Gasteiger partial charge in [-0.05, 0) is 47.2 Å². The van der Waals surface area contributed by atoms with Crippen LogP contribution in [0.5, 0.6) is 0 Å². The normalized spacial score (nSPS) is 15.7. The zero-order valence-corrected chi connectivity index (χ0v) is 22.4. The molecule has 0 saturated heterocycles. The van der Waals surface area contributed by atoms with Crippen LogP contribution in [0.2, 0.25) is 0 Å². The number of hydrogen-bond donors (Lipinski definition) is 1. The number of primary amides is 1. The molecule has 0 bridgehead atoms. The molecule has 1 atom stereocenters. The second-order valence-electron chi connectivity index (χ2n) is 11.1. The van der Waals surface area contributed by atoms with Crippen molar-refractivity contribution in [1.29, 1.82) is 0 Å². The van der Waals surface area contributed by atoms with Crippen molar-refractivity contribution in [2.45, 2.75) is 52.1 Å². The highest BCUT2D eigenvalue weighted by atomic mass is 16.1. The average molecular weight is 507 g/mol. The van der Waals surface area contributed by atoms with Crippen LogP contribution in [-0.4, -0.2) is 32.9 Å². The maximum absolute atomic E-state index is 12.8. The van der Waals surface area contributed by atoms with Gasteiger partial charge >= 0.3 is 0 Å². The predicted molar refractivity (Wildman–Crippen MR) is 150 cm³/mol. The number of fused-ring (bicyclic) bond motifs is 1. The maximum Gasteiger partial charge on any atom is 0.269 e. The molecule has 1 unspecified atom stereocenters. The van der Waals surface area contributed by atoms with Gasteiger partial charge in [0.1, 0.15) is 0 Å². The summed E-state index contributed by atoms with van der Waals surface area (Å²) in [7, 11) is 0. The van der Waals surface area contributed by atoms with Gasteiger partial charge in [-0.25, -0.2) is 4.68 Å². The third-order valence-electron chi connectivity index (χ3n) is 7.34. The summed E-state index contributed by atoms with van der Waals surface area (Å²) < 4.78 is 1.88. The van der Waals surface area contributed by atoms with Gasteiger partial charge < -0.3 is 5.73 Å². The number of nitrogens with zero attached hydrogens (tertiary/aromatic N) is 3. The van der Waals surface area contributed by atoms with E-state index in [0.29, 0.717) is 18.5 Å². The Morgan fingerprint density at radius 2 is 1.68 bits per heavy atom. The first kappa shape index (κ1) is 25.6. The molecule has 38 heavy (non-hydrogen) atoms. The van der Waals surface area contributed by atoms with Crippen molar-refractivity contribution in [3.63, 3.8) is 0 Å². The molecule has 0 saturated carbocycles. The molecule has 194 valence electrons. The third kappa shape index (κ3) is 4.92. The number of carbonyl (C=O) groups is 2. The molecule has 0 spiro atoms. The van der Waals surface area contributed by atoms with Crippen LogP contribution < -0.4 is 5.73 Å². The van der Waals surface area contributed by atoms with Gasteiger partial charge in [0.25, 0.3) is 5.91 Å². The smallest absolute Gasteiger partial charge is 0.269 e. The summed E-state index contributed by atoms with van der Waals surface area (Å²) in [6, 6.07) is 26.0. The molecule has 5 rings (SSSR count). The molecule has 0 fully saturated rings. The van der Waals surface area contributed by atoms with Gasteiger partial charge in [-0.2, -0.15) is 5.10 Å². The molecule has 1 aromatic heterocycles. The second kappa shape index (κ2) is 10.0. The summed E-state index contributed by atoms with van der Waals surface area (Å²) >= 11 is 0. The Morgan fingerprint density at radius 3 is 2.32 bits per heavy atom. The van der Waals surface area contributed by atoms with E-state index in [4.69, 9.17) is 10.8 Å². The van der Waals surface area contributed by atoms with Crippen molar-refractivity contribution >= 4 is 11.7 Å². The standard InChI is InChI=1S/C32H34N4O2/c1-21(37)23-11-8-12-24(19-23)30-28-27(17-18-35(30)20-22-9-6-5-7-10-22)36(34-29(28)31(33)38)26-15-13-25(14-16-26)32(2,3)4/h5-16,19,30H,17-18,20H2,1-4H3,(H2,33,38). The molecule has 0 radical (unpaired) electrons. The highest BCUT2D eigenvalue weighted by Gasteiger charge is 2.37. The van der Waals surface area contributed by atoms with Gasteiger partial charge in [0.05, 0.1) is 17.4 Å². The molecular weight excluding hydrogens is 472 g/mol. The lowest BCUT2D eigenvalue weighted by Gasteiger charge is -2.37. The van der Waals surface area contributed by atoms with E-state index in [1.807, 2.05) is 47.1 Å². The number of aromatic nitrogens is 2. The van der Waals surface area contributed by atoms with Crippen LogP contribution in [0.4, 0.5) is 0 Å². The quantitative estimate of drug-likeness (QED) is 0.344. The first-order valence-corrected chi connectivity index (χ1v) is 13.0. The van der Waals surface area contributed by atoms with Crippen LogP contribution in [0, 0.1) is 0 Å². The Hall–Kier alpha value is -4.03. The van der Waals surface area contributed by atoms with Gasteiger partial charge in [-0.1, -0.05) is 81.4 Å². The minimum atomic E-state index is -0.555. The zero-order chi connectivity index (χ0) is 27.0. The number of hydrogen-bond acceptors (Lipinski definition) is 4. The summed E-state index contributed by atoms with van der Waals surface area (Å²) in [5.41, 5.74) is 12.9. The predicted octanol–water partition coefficient (Wildman–Crippen LogP) is 5.62. The van der Waals surface area contributed by atoms with E-state index >= 15 is 0 Å². The van der Waals surface area contributed by atoms with Gasteiger partial charge in [-0.3, -0.25) is 14.5 Å². The van der Waals surface area contributed by atoms with Crippen LogP contribution in [0.25, 0.3) is 5.69 Å². The van der Waals surface area contributed by atoms with E-state index in [0.717, 1.165) is 29.1 Å². The summed E-state index contributed by atoms with van der Waals surface area (Å²) in [6.07, 6.45) is 0.715. The fourth-order valence-corrected chi connectivity index (χ4v) is 5.35. The highest BCUT2D eigenvalue weighted by molar-refractivity contribution is 5.95. The number of nitrogens with two attached hydrogens (primary N) is 1. The largest absolute Gasteiger partial charge is 0.364 e. The minimum absolute atomic E-state index is 0.00208. The van der Waals surface area contributed by atoms with E-state index in [9.17, 15) is 9.59 Å². The van der Waals surface area contributed by atoms with Crippen molar-refractivity contribution in [2.75, 3.05) is 6.54 Å². The van der Waals surface area contributed by atoms with Gasteiger partial charge in [0.15, 0.2) is 11.5 Å². The number of ketones is 1. The maximum atomic E-state index is 12.8. The van der Waals surface area contributed by atoms with Crippen molar-refractivity contribution in [1.82, 2.24) is 14.7 Å². The van der Waals surface area contributed by atoms with E-state index < -0.39 is 5.91 Å². The van der Waals surface area contributed by atoms with E-state index in [1.54, 1.807) is 6.92 Å². The fraction of sp³-hybridized carbons (Fsp3) is 0.281. The molecule has 6 nitrogen and oxygen atoms in total. The Balaban J connectivity index is 1.67. The SMILES string of the molecule is CC(=O)c1cccc(C2c3c(C(N)=O)nn(-c4ccc(C(C)(C)C)cc4)c3CCN2Cc2ccccc2)c1. The molecule has 1 aliphatic heterocycles. The molecule has 2 heterocycles. The van der Waals surface area contributed by atoms with Crippen molar-refractivity contribution in [3.8, 4) is 5.69 Å². The van der Waals surface area contributed by atoms with Gasteiger partial charge in [0.2, 0.25) is 0 Å². The van der Waals surface area contributed by atoms with Crippen molar-refractivity contribution < 1.29 is 9.59 Å². The zero-order valence-electron chi connectivity index (χ0n) is 22.4. The molecule has 4 aromatic rings. The van der Waals surface area contributed by atoms with Crippen LogP contribution in [0.1, 0.15) is 82.5 Å². The lowest BCUT2D eigenvalue weighted by atomic mass is 9.87. The van der Waals surface area contributed by atoms with Crippen molar-refractivity contribution in [3.05, 3.63) is 118 Å². The molecule has 1 amide bonds. The Morgan fingerprint density at radius 1 is 0.974 bits per heavy atom. The Bertz CT molecular complexity index is 1480. The summed E-state index contributed by atoms with van der Waals surface area (Å²) in [6.45, 7) is 9.58. The highest BCUT2D eigenvalue weighted by Crippen LogP contribution is 2.39. The molecular formula is C32H34N4O2. The van der Waals surface area contributed by atoms with E-state index in [1.165, 1.54) is 11.1 Å². The first-order valence-electron chi connectivity index (χ1n) is 13.0. The molecule has 3 aromatic carbocycles. The van der Waals surface area contributed by atoms with Crippen LogP contribution in [0.3, 0.4) is 0 Å². The molecule has 6 heteroatoms. The lowest BCUT2D eigenvalue weighted by Crippen LogP contribution is -2.37. The van der Waals surface area contributed by atoms with E-state index in [2.05, 4.69) is 62.1 Å². The van der Waals surface area contributed by atoms with Gasteiger partial charge in [-0.15, -0.1) is 0 Å². The number of Topliss-reactive ketones (excluding diaryl/α,β-unsaturated/α-hetero) is 1. The molecule has 1 aliphatic rings. The third-order valence-corrected chi connectivity index (χ3v) is 7.34. The Kier molecular flexibility index (Phi) is 6.76. The monoisotopic (exact) mass is 506 g/mol.